The Labute approximate surface area is 209 Å². The van der Waals surface area contributed by atoms with Gasteiger partial charge in [-0.25, -0.2) is 0 Å². The van der Waals surface area contributed by atoms with Crippen molar-refractivity contribution in [2.24, 2.45) is 10.2 Å². The van der Waals surface area contributed by atoms with Crippen LogP contribution in [0.1, 0.15) is 11.1 Å². The third-order valence-electron chi connectivity index (χ3n) is 5.13. The second-order valence-corrected chi connectivity index (χ2v) is 9.01. The topological polar surface area (TPSA) is 48.8 Å². The zero-order chi connectivity index (χ0) is 23.6. The van der Waals surface area contributed by atoms with Crippen LogP contribution in [0.25, 0.3) is 0 Å². The molecule has 0 aliphatic rings. The monoisotopic (exact) mass is 482 g/mol. The fraction of sp³-hybridized carbons (Fsp3) is 0.0714. The third kappa shape index (κ3) is 6.10. The van der Waals surface area contributed by atoms with Crippen molar-refractivity contribution in [1.82, 2.24) is 0 Å². The van der Waals surface area contributed by atoms with Crippen LogP contribution in [-0.2, 0) is 0 Å². The molecular weight excluding hydrogens is 456 g/mol. The molecule has 4 nitrogen and oxygen atoms in total. The quantitative estimate of drug-likeness (QED) is 0.144. The minimum Gasteiger partial charge on any atom is -0.354 e. The lowest BCUT2D eigenvalue weighted by Crippen LogP contribution is -1.97. The molecule has 0 heterocycles. The number of thioether (sulfide) groups is 2. The second kappa shape index (κ2) is 12.1. The Balaban J connectivity index is 1.51. The number of rotatable bonds is 9. The Morgan fingerprint density at radius 1 is 0.500 bits per heavy atom. The highest BCUT2D eigenvalue weighted by Crippen LogP contribution is 2.30. The predicted octanol–water partition coefficient (Wildman–Crippen LogP) is 8.07. The fourth-order valence-corrected chi connectivity index (χ4v) is 4.53. The molecular formula is C28H26N4S2. The molecule has 0 aliphatic heterocycles. The molecule has 0 fully saturated rings. The highest BCUT2D eigenvalue weighted by Gasteiger charge is 2.05. The van der Waals surface area contributed by atoms with Crippen LogP contribution < -0.4 is 10.6 Å². The summed E-state index contributed by atoms with van der Waals surface area (Å²) in [6.45, 7) is 0. The summed E-state index contributed by atoms with van der Waals surface area (Å²) in [5.41, 5.74) is 6.05. The van der Waals surface area contributed by atoms with E-state index in [0.717, 1.165) is 33.9 Å². The summed E-state index contributed by atoms with van der Waals surface area (Å²) in [6, 6.07) is 32.7. The van der Waals surface area contributed by atoms with Crippen molar-refractivity contribution in [2.75, 3.05) is 23.1 Å². The van der Waals surface area contributed by atoms with Gasteiger partial charge in [0.2, 0.25) is 0 Å². The number of anilines is 4. The van der Waals surface area contributed by atoms with E-state index in [1.165, 1.54) is 9.79 Å². The van der Waals surface area contributed by atoms with Gasteiger partial charge in [0.1, 0.15) is 0 Å². The molecule has 0 unspecified atom stereocenters. The first kappa shape index (κ1) is 23.7. The van der Waals surface area contributed by atoms with Gasteiger partial charge in [-0.1, -0.05) is 60.7 Å². The van der Waals surface area contributed by atoms with Crippen molar-refractivity contribution < 1.29 is 0 Å². The summed E-state index contributed by atoms with van der Waals surface area (Å²) in [5.74, 6) is 0. The fourth-order valence-electron chi connectivity index (χ4n) is 3.42. The molecule has 170 valence electrons. The number of hydrogen-bond acceptors (Lipinski definition) is 6. The van der Waals surface area contributed by atoms with Crippen molar-refractivity contribution in [3.8, 4) is 0 Å². The lowest BCUT2D eigenvalue weighted by molar-refractivity contribution is 1.26. The average Bonchev–Trinajstić information content (AvgIpc) is 2.89. The van der Waals surface area contributed by atoms with Gasteiger partial charge in [-0.05, 0) is 48.9 Å². The van der Waals surface area contributed by atoms with Crippen LogP contribution in [0.2, 0.25) is 0 Å². The molecule has 0 bridgehead atoms. The SMILES string of the molecule is CSc1ccccc1Nc1ccccc1C=NN=Cc1ccccc1Nc1ccccc1SC. The van der Waals surface area contributed by atoms with Crippen LogP contribution in [0.4, 0.5) is 22.7 Å². The van der Waals surface area contributed by atoms with Crippen LogP contribution in [-0.4, -0.2) is 24.9 Å². The van der Waals surface area contributed by atoms with Gasteiger partial charge in [-0.3, -0.25) is 0 Å². The van der Waals surface area contributed by atoms with Gasteiger partial charge in [-0.15, -0.1) is 23.5 Å². The van der Waals surface area contributed by atoms with Gasteiger partial charge in [0.05, 0.1) is 23.8 Å². The highest BCUT2D eigenvalue weighted by molar-refractivity contribution is 7.99. The lowest BCUT2D eigenvalue weighted by atomic mass is 10.2. The molecule has 0 aromatic heterocycles. The molecule has 4 aromatic rings. The van der Waals surface area contributed by atoms with E-state index in [9.17, 15) is 0 Å². The molecule has 0 amide bonds. The van der Waals surface area contributed by atoms with Gasteiger partial charge < -0.3 is 10.6 Å². The number of nitrogens with zero attached hydrogens (tertiary/aromatic N) is 2. The van der Waals surface area contributed by atoms with Gasteiger partial charge in [0, 0.05) is 32.3 Å². The molecule has 0 spiro atoms. The zero-order valence-electron chi connectivity index (χ0n) is 19.1. The number of benzene rings is 4. The maximum absolute atomic E-state index is 4.33. The second-order valence-electron chi connectivity index (χ2n) is 7.31. The Kier molecular flexibility index (Phi) is 8.43. The molecule has 4 aromatic carbocycles. The van der Waals surface area contributed by atoms with E-state index in [0.29, 0.717) is 0 Å². The average molecular weight is 483 g/mol. The summed E-state index contributed by atoms with van der Waals surface area (Å²) >= 11 is 3.43. The van der Waals surface area contributed by atoms with Gasteiger partial charge in [0.15, 0.2) is 0 Å². The molecule has 4 rings (SSSR count). The third-order valence-corrected chi connectivity index (χ3v) is 6.73. The van der Waals surface area contributed by atoms with Crippen molar-refractivity contribution in [1.29, 1.82) is 0 Å². The van der Waals surface area contributed by atoms with E-state index in [-0.39, 0.29) is 0 Å². The van der Waals surface area contributed by atoms with E-state index in [1.54, 1.807) is 36.0 Å². The standard InChI is InChI=1S/C28H26N4S2/c1-33-27-17-9-7-15-25(27)31-23-13-5-3-11-21(23)19-29-30-20-22-12-4-6-14-24(22)32-26-16-8-10-18-28(26)34-2/h3-20,31-32H,1-2H3. The van der Waals surface area contributed by atoms with Crippen LogP contribution in [0.5, 0.6) is 0 Å². The molecule has 2 N–H and O–H groups in total. The summed E-state index contributed by atoms with van der Waals surface area (Å²) in [5, 5.41) is 15.7. The van der Waals surface area contributed by atoms with Crippen LogP contribution in [0, 0.1) is 0 Å². The van der Waals surface area contributed by atoms with E-state index in [4.69, 9.17) is 0 Å². The van der Waals surface area contributed by atoms with Crippen LogP contribution in [0.3, 0.4) is 0 Å². The largest absolute Gasteiger partial charge is 0.354 e. The smallest absolute Gasteiger partial charge is 0.0588 e. The number of para-hydroxylation sites is 4. The first-order chi connectivity index (χ1) is 16.8. The Morgan fingerprint density at radius 3 is 1.26 bits per heavy atom. The van der Waals surface area contributed by atoms with Crippen LogP contribution in [0.15, 0.2) is 117 Å². The Bertz CT molecular complexity index is 1200. The van der Waals surface area contributed by atoms with Crippen molar-refractivity contribution in [3.05, 3.63) is 108 Å². The molecule has 6 heteroatoms. The summed E-state index contributed by atoms with van der Waals surface area (Å²) in [4.78, 5) is 2.39. The van der Waals surface area contributed by atoms with E-state index in [1.807, 2.05) is 72.8 Å². The maximum Gasteiger partial charge on any atom is 0.0588 e. The van der Waals surface area contributed by atoms with Crippen molar-refractivity contribution in [3.63, 3.8) is 0 Å². The van der Waals surface area contributed by atoms with Gasteiger partial charge >= 0.3 is 0 Å². The molecule has 0 saturated heterocycles. The molecule has 0 aliphatic carbocycles. The normalized spacial score (nSPS) is 11.2. The lowest BCUT2D eigenvalue weighted by Gasteiger charge is -2.12. The number of hydrogen-bond donors (Lipinski definition) is 2. The van der Waals surface area contributed by atoms with E-state index < -0.39 is 0 Å². The minimum atomic E-state index is 0.968. The van der Waals surface area contributed by atoms with Gasteiger partial charge in [0.25, 0.3) is 0 Å². The van der Waals surface area contributed by atoms with Crippen LogP contribution >= 0.6 is 23.5 Å². The Hall–Kier alpha value is -3.48. The summed E-state index contributed by atoms with van der Waals surface area (Å²) in [6.07, 6.45) is 7.71. The van der Waals surface area contributed by atoms with E-state index >= 15 is 0 Å². The maximum atomic E-state index is 4.33. The highest BCUT2D eigenvalue weighted by atomic mass is 32.2. The molecule has 34 heavy (non-hydrogen) atoms. The van der Waals surface area contributed by atoms with Gasteiger partial charge in [-0.2, -0.15) is 10.2 Å². The summed E-state index contributed by atoms with van der Waals surface area (Å²) < 4.78 is 0. The first-order valence-electron chi connectivity index (χ1n) is 10.8. The predicted molar refractivity (Wildman–Crippen MR) is 151 cm³/mol. The molecule has 0 radical (unpaired) electrons. The molecule has 0 atom stereocenters. The number of nitrogens with one attached hydrogen (secondary N) is 2. The van der Waals surface area contributed by atoms with E-state index in [2.05, 4.69) is 57.6 Å². The zero-order valence-corrected chi connectivity index (χ0v) is 20.7. The molecule has 0 saturated carbocycles. The first-order valence-corrected chi connectivity index (χ1v) is 13.3. The summed E-state index contributed by atoms with van der Waals surface area (Å²) in [7, 11) is 0. The Morgan fingerprint density at radius 2 is 0.853 bits per heavy atom. The van der Waals surface area contributed by atoms with Crippen molar-refractivity contribution in [2.45, 2.75) is 9.79 Å². The minimum absolute atomic E-state index is 0.968. The van der Waals surface area contributed by atoms with Crippen molar-refractivity contribution >= 4 is 58.7 Å².